The van der Waals surface area contributed by atoms with Crippen LogP contribution in [-0.2, 0) is 0 Å². The van der Waals surface area contributed by atoms with Gasteiger partial charge < -0.3 is 15.5 Å². The zero-order valence-corrected chi connectivity index (χ0v) is 14.5. The molecule has 1 heterocycles. The molecule has 0 bridgehead atoms. The third-order valence-corrected chi connectivity index (χ3v) is 3.37. The van der Waals surface area contributed by atoms with Gasteiger partial charge in [0.2, 0.25) is 0 Å². The molecule has 1 aliphatic rings. The van der Waals surface area contributed by atoms with Crippen LogP contribution in [-0.4, -0.2) is 49.6 Å². The molecular formula is C13H29IN4. The summed E-state index contributed by atoms with van der Waals surface area (Å²) in [5.41, 5.74) is 0. The fourth-order valence-corrected chi connectivity index (χ4v) is 2.19. The van der Waals surface area contributed by atoms with Gasteiger partial charge in [-0.2, -0.15) is 0 Å². The van der Waals surface area contributed by atoms with Crippen LogP contribution in [0.5, 0.6) is 0 Å². The second-order valence-electron chi connectivity index (χ2n) is 5.05. The molecule has 0 aromatic rings. The van der Waals surface area contributed by atoms with Crippen LogP contribution in [0.3, 0.4) is 0 Å². The fourth-order valence-electron chi connectivity index (χ4n) is 2.19. The number of nitrogens with one attached hydrogen (secondary N) is 2. The van der Waals surface area contributed by atoms with Crippen LogP contribution >= 0.6 is 24.0 Å². The summed E-state index contributed by atoms with van der Waals surface area (Å²) < 4.78 is 0. The predicted octanol–water partition coefficient (Wildman–Crippen LogP) is 2.05. The highest BCUT2D eigenvalue weighted by Gasteiger charge is 2.21. The number of nitrogens with zero attached hydrogens (tertiary/aromatic N) is 2. The number of guanidine groups is 1. The van der Waals surface area contributed by atoms with Crippen LogP contribution in [0.15, 0.2) is 4.99 Å². The van der Waals surface area contributed by atoms with E-state index in [-0.39, 0.29) is 24.0 Å². The van der Waals surface area contributed by atoms with E-state index in [1.165, 1.54) is 25.9 Å². The highest BCUT2D eigenvalue weighted by Crippen LogP contribution is 2.12. The Labute approximate surface area is 129 Å². The van der Waals surface area contributed by atoms with Gasteiger partial charge in [-0.3, -0.25) is 4.99 Å². The van der Waals surface area contributed by atoms with Crippen molar-refractivity contribution in [3.63, 3.8) is 0 Å². The lowest BCUT2D eigenvalue weighted by Crippen LogP contribution is -2.49. The number of halogens is 1. The van der Waals surface area contributed by atoms with Gasteiger partial charge in [-0.25, -0.2) is 0 Å². The first kappa shape index (κ1) is 18.0. The van der Waals surface area contributed by atoms with E-state index in [0.29, 0.717) is 12.1 Å². The molecule has 0 spiro atoms. The van der Waals surface area contributed by atoms with Gasteiger partial charge in [-0.05, 0) is 33.1 Å². The van der Waals surface area contributed by atoms with Crippen molar-refractivity contribution in [2.45, 2.75) is 52.1 Å². The molecule has 0 unspecified atom stereocenters. The topological polar surface area (TPSA) is 39.7 Å². The number of likely N-dealkylation sites (tertiary alicyclic amines) is 1. The molecule has 0 aliphatic carbocycles. The van der Waals surface area contributed by atoms with Gasteiger partial charge in [0.1, 0.15) is 0 Å². The lowest BCUT2D eigenvalue weighted by atomic mass is 10.0. The van der Waals surface area contributed by atoms with E-state index in [9.17, 15) is 0 Å². The van der Waals surface area contributed by atoms with Crippen molar-refractivity contribution in [3.8, 4) is 0 Å². The van der Waals surface area contributed by atoms with Crippen LogP contribution in [0.2, 0.25) is 0 Å². The van der Waals surface area contributed by atoms with Crippen molar-refractivity contribution in [1.82, 2.24) is 15.5 Å². The van der Waals surface area contributed by atoms with Crippen molar-refractivity contribution in [1.29, 1.82) is 0 Å². The molecule has 4 nitrogen and oxygen atoms in total. The highest BCUT2D eigenvalue weighted by atomic mass is 127. The first-order valence-corrected chi connectivity index (χ1v) is 6.88. The molecule has 0 saturated carbocycles. The van der Waals surface area contributed by atoms with Crippen molar-refractivity contribution in [2.75, 3.05) is 26.7 Å². The lowest BCUT2D eigenvalue weighted by molar-refractivity contribution is 0.167. The Hall–Kier alpha value is -0.0400. The zero-order chi connectivity index (χ0) is 12.7. The Morgan fingerprint density at radius 3 is 2.39 bits per heavy atom. The summed E-state index contributed by atoms with van der Waals surface area (Å²) in [5, 5.41) is 6.84. The second-order valence-corrected chi connectivity index (χ2v) is 5.05. The van der Waals surface area contributed by atoms with Crippen LogP contribution in [0, 0.1) is 0 Å². The van der Waals surface area contributed by atoms with Crippen molar-refractivity contribution >= 4 is 29.9 Å². The van der Waals surface area contributed by atoms with Gasteiger partial charge in [-0.15, -0.1) is 24.0 Å². The number of aliphatic imine (C=N–C) groups is 1. The fraction of sp³-hybridized carbons (Fsp3) is 0.923. The molecule has 5 heteroatoms. The van der Waals surface area contributed by atoms with E-state index in [0.717, 1.165) is 18.9 Å². The van der Waals surface area contributed by atoms with E-state index in [4.69, 9.17) is 0 Å². The van der Waals surface area contributed by atoms with Gasteiger partial charge in [0, 0.05) is 38.8 Å². The minimum Gasteiger partial charge on any atom is -0.356 e. The van der Waals surface area contributed by atoms with E-state index >= 15 is 0 Å². The molecule has 2 N–H and O–H groups in total. The molecular weight excluding hydrogens is 339 g/mol. The summed E-state index contributed by atoms with van der Waals surface area (Å²) in [6.07, 6.45) is 3.56. The Kier molecular flexibility index (Phi) is 9.81. The molecule has 1 rings (SSSR count). The van der Waals surface area contributed by atoms with Gasteiger partial charge in [0.05, 0.1) is 0 Å². The SMILES string of the molecule is CCCNC(=NC)NC1CCN(C(C)C)CC1.I. The molecule has 1 aliphatic heterocycles. The molecule has 1 fully saturated rings. The normalized spacial score (nSPS) is 18.6. The molecule has 1 saturated heterocycles. The monoisotopic (exact) mass is 368 g/mol. The van der Waals surface area contributed by atoms with E-state index < -0.39 is 0 Å². The maximum absolute atomic E-state index is 4.25. The zero-order valence-electron chi connectivity index (χ0n) is 12.2. The third-order valence-electron chi connectivity index (χ3n) is 3.37. The Bertz CT molecular complexity index is 235. The predicted molar refractivity (Wildman–Crippen MR) is 89.9 cm³/mol. The van der Waals surface area contributed by atoms with E-state index in [1.54, 1.807) is 0 Å². The average molecular weight is 368 g/mol. The Balaban J connectivity index is 0.00000289. The van der Waals surface area contributed by atoms with Crippen LogP contribution in [0.4, 0.5) is 0 Å². The first-order valence-electron chi connectivity index (χ1n) is 6.88. The molecule has 0 amide bonds. The van der Waals surface area contributed by atoms with Crippen LogP contribution in [0.1, 0.15) is 40.0 Å². The van der Waals surface area contributed by atoms with E-state index in [2.05, 4.69) is 41.3 Å². The van der Waals surface area contributed by atoms with Crippen molar-refractivity contribution in [2.24, 2.45) is 4.99 Å². The van der Waals surface area contributed by atoms with Crippen LogP contribution < -0.4 is 10.6 Å². The Morgan fingerprint density at radius 2 is 1.94 bits per heavy atom. The summed E-state index contributed by atoms with van der Waals surface area (Å²) in [4.78, 5) is 6.80. The van der Waals surface area contributed by atoms with Gasteiger partial charge in [0.25, 0.3) is 0 Å². The first-order chi connectivity index (χ1) is 8.17. The van der Waals surface area contributed by atoms with Gasteiger partial charge in [0.15, 0.2) is 5.96 Å². The number of hydrogen-bond donors (Lipinski definition) is 2. The smallest absolute Gasteiger partial charge is 0.191 e. The number of piperidine rings is 1. The standard InChI is InChI=1S/C13H28N4.HI/c1-5-8-15-13(14-4)16-12-6-9-17(10-7-12)11(2)3;/h11-12H,5-10H2,1-4H3,(H2,14,15,16);1H. The molecule has 0 aromatic heterocycles. The molecule has 0 radical (unpaired) electrons. The minimum absolute atomic E-state index is 0. The summed E-state index contributed by atoms with van der Waals surface area (Å²) in [6, 6.07) is 1.25. The maximum atomic E-state index is 4.25. The van der Waals surface area contributed by atoms with Gasteiger partial charge >= 0.3 is 0 Å². The molecule has 18 heavy (non-hydrogen) atoms. The van der Waals surface area contributed by atoms with E-state index in [1.807, 2.05) is 7.05 Å². The molecule has 108 valence electrons. The number of rotatable bonds is 4. The summed E-state index contributed by atoms with van der Waals surface area (Å²) >= 11 is 0. The second kappa shape index (κ2) is 9.83. The van der Waals surface area contributed by atoms with Crippen molar-refractivity contribution < 1.29 is 0 Å². The maximum Gasteiger partial charge on any atom is 0.191 e. The van der Waals surface area contributed by atoms with Crippen molar-refractivity contribution in [3.05, 3.63) is 0 Å². The lowest BCUT2D eigenvalue weighted by Gasteiger charge is -2.35. The summed E-state index contributed by atoms with van der Waals surface area (Å²) in [6.45, 7) is 10.1. The summed E-state index contributed by atoms with van der Waals surface area (Å²) in [5.74, 6) is 0.954. The number of hydrogen-bond acceptors (Lipinski definition) is 2. The highest BCUT2D eigenvalue weighted by molar-refractivity contribution is 14.0. The quantitative estimate of drug-likeness (QED) is 0.453. The van der Waals surface area contributed by atoms with Gasteiger partial charge in [-0.1, -0.05) is 6.92 Å². The van der Waals surface area contributed by atoms with Crippen LogP contribution in [0.25, 0.3) is 0 Å². The third kappa shape index (κ3) is 6.22. The molecule has 0 atom stereocenters. The minimum atomic E-state index is 0. The largest absolute Gasteiger partial charge is 0.356 e. The molecule has 0 aromatic carbocycles. The average Bonchev–Trinajstić information content (AvgIpc) is 2.35. The summed E-state index contributed by atoms with van der Waals surface area (Å²) in [7, 11) is 1.84. The Morgan fingerprint density at radius 1 is 1.33 bits per heavy atom.